The van der Waals surface area contributed by atoms with Crippen molar-refractivity contribution < 1.29 is 9.90 Å². The quantitative estimate of drug-likeness (QED) is 0.304. The number of nitrogens with two attached hydrogens (primary N) is 1. The Morgan fingerprint density at radius 2 is 2.14 bits per heavy atom. The maximum atomic E-state index is 12.7. The molecule has 3 aromatic heterocycles. The number of hydrogen-bond donors (Lipinski definition) is 4. The van der Waals surface area contributed by atoms with E-state index in [4.69, 9.17) is 10.8 Å². The topological polar surface area (TPSA) is 153 Å². The highest BCUT2D eigenvalue weighted by molar-refractivity contribution is 7.14. The fraction of sp³-hybridized carbons (Fsp3) is 0.400. The first-order chi connectivity index (χ1) is 17.6. The molecule has 1 aliphatic heterocycles. The lowest BCUT2D eigenvalue weighted by molar-refractivity contribution is 0.0930. The van der Waals surface area contributed by atoms with Crippen LogP contribution < -0.4 is 16.4 Å². The van der Waals surface area contributed by atoms with E-state index < -0.39 is 0 Å². The smallest absolute Gasteiger partial charge is 0.270 e. The minimum atomic E-state index is -0.314. The number of aromatic nitrogens is 3. The number of aliphatic hydroxyl groups excluding tert-OH is 1. The molecule has 0 aromatic carbocycles. The van der Waals surface area contributed by atoms with Crippen molar-refractivity contribution >= 4 is 28.7 Å². The number of thiazole rings is 1. The lowest BCUT2D eigenvalue weighted by atomic mass is 9.96. The Morgan fingerprint density at radius 1 is 1.31 bits per heavy atom. The molecular formula is C25H30N8O2S. The summed E-state index contributed by atoms with van der Waals surface area (Å²) in [6.45, 7) is 3.78. The predicted molar refractivity (Wildman–Crippen MR) is 139 cm³/mol. The highest BCUT2D eigenvalue weighted by Gasteiger charge is 2.22. The Labute approximate surface area is 214 Å². The fourth-order valence-electron chi connectivity index (χ4n) is 4.10. The second-order valence-corrected chi connectivity index (χ2v) is 9.83. The normalized spacial score (nSPS) is 14.3. The van der Waals surface area contributed by atoms with Crippen molar-refractivity contribution in [2.75, 3.05) is 43.8 Å². The monoisotopic (exact) mass is 506 g/mol. The molecule has 0 aliphatic carbocycles. The molecule has 1 amide bonds. The van der Waals surface area contributed by atoms with Gasteiger partial charge in [-0.2, -0.15) is 5.26 Å². The number of anilines is 2. The molecule has 5 N–H and O–H groups in total. The molecule has 0 saturated carbocycles. The van der Waals surface area contributed by atoms with Crippen molar-refractivity contribution in [2.24, 2.45) is 5.92 Å². The third-order valence-electron chi connectivity index (χ3n) is 6.10. The molecule has 4 rings (SSSR count). The van der Waals surface area contributed by atoms with Gasteiger partial charge >= 0.3 is 0 Å². The number of nitrogen functional groups attached to an aromatic ring is 1. The summed E-state index contributed by atoms with van der Waals surface area (Å²) in [7, 11) is 0. The van der Waals surface area contributed by atoms with Gasteiger partial charge in [-0.3, -0.25) is 14.7 Å². The summed E-state index contributed by atoms with van der Waals surface area (Å²) in [4.78, 5) is 29.6. The molecule has 188 valence electrons. The second kappa shape index (κ2) is 12.4. The van der Waals surface area contributed by atoms with E-state index >= 15 is 0 Å². The van der Waals surface area contributed by atoms with E-state index in [0.717, 1.165) is 43.2 Å². The van der Waals surface area contributed by atoms with Gasteiger partial charge in [0.15, 0.2) is 0 Å². The molecule has 1 fully saturated rings. The molecule has 36 heavy (non-hydrogen) atoms. The molecule has 0 atom stereocenters. The van der Waals surface area contributed by atoms with Gasteiger partial charge in [-0.05, 0) is 56.5 Å². The summed E-state index contributed by atoms with van der Waals surface area (Å²) in [6, 6.07) is 9.29. The van der Waals surface area contributed by atoms with Gasteiger partial charge in [0.05, 0.1) is 11.4 Å². The van der Waals surface area contributed by atoms with E-state index in [1.165, 1.54) is 10.9 Å². The van der Waals surface area contributed by atoms with Crippen LogP contribution in [0, 0.1) is 17.2 Å². The van der Waals surface area contributed by atoms with Gasteiger partial charge in [0.1, 0.15) is 28.2 Å². The highest BCUT2D eigenvalue weighted by atomic mass is 32.1. The molecule has 0 radical (unpaired) electrons. The van der Waals surface area contributed by atoms with Crippen LogP contribution in [0.1, 0.15) is 40.2 Å². The number of hydrogen-bond acceptors (Lipinski definition) is 10. The van der Waals surface area contributed by atoms with Crippen molar-refractivity contribution in [3.63, 3.8) is 0 Å². The molecule has 3 aromatic rings. The van der Waals surface area contributed by atoms with Gasteiger partial charge in [-0.15, -0.1) is 11.3 Å². The minimum Gasteiger partial charge on any atom is -0.397 e. The molecule has 1 aliphatic rings. The third-order valence-corrected chi connectivity index (χ3v) is 7.10. The number of nitrogens with one attached hydrogen (secondary N) is 2. The second-order valence-electron chi connectivity index (χ2n) is 8.71. The average Bonchev–Trinajstić information content (AvgIpc) is 3.37. The van der Waals surface area contributed by atoms with Gasteiger partial charge in [0.2, 0.25) is 0 Å². The van der Waals surface area contributed by atoms with Crippen LogP contribution >= 0.6 is 11.3 Å². The standard InChI is InChI=1S/C25H30N8O2S/c26-13-19-20(27)12-22(32-23(19)29-8-3-11-34)24(35)30-14-17-5-9-33(10-6-17)16-18-15-31-25(36-18)21-4-1-2-7-28-21/h1-2,4,7,12,15,17,34H,3,5-6,8-11,14,16H2,(H,30,35)(H3,27,29,32). The van der Waals surface area contributed by atoms with Gasteiger partial charge in [0.25, 0.3) is 5.91 Å². The molecule has 10 nitrogen and oxygen atoms in total. The number of nitrogens with zero attached hydrogens (tertiary/aromatic N) is 5. The van der Waals surface area contributed by atoms with Crippen molar-refractivity contribution in [1.29, 1.82) is 5.26 Å². The van der Waals surface area contributed by atoms with Crippen molar-refractivity contribution in [2.45, 2.75) is 25.8 Å². The van der Waals surface area contributed by atoms with Crippen LogP contribution in [0.5, 0.6) is 0 Å². The number of nitriles is 1. The summed E-state index contributed by atoms with van der Waals surface area (Å²) in [5.41, 5.74) is 7.45. The van der Waals surface area contributed by atoms with Crippen LogP contribution in [0.25, 0.3) is 10.7 Å². The number of carbonyl (C=O) groups is 1. The molecule has 11 heteroatoms. The lowest BCUT2D eigenvalue weighted by Crippen LogP contribution is -2.38. The summed E-state index contributed by atoms with van der Waals surface area (Å²) in [5, 5.41) is 25.2. The van der Waals surface area contributed by atoms with Gasteiger partial charge in [0, 0.05) is 43.5 Å². The molecule has 0 spiro atoms. The van der Waals surface area contributed by atoms with Crippen LogP contribution in [-0.2, 0) is 6.54 Å². The fourth-order valence-corrected chi connectivity index (χ4v) is 5.03. The molecule has 1 saturated heterocycles. The van der Waals surface area contributed by atoms with Gasteiger partial charge in [-0.1, -0.05) is 6.07 Å². The third kappa shape index (κ3) is 6.54. The molecule has 0 unspecified atom stereocenters. The van der Waals surface area contributed by atoms with Crippen LogP contribution in [0.3, 0.4) is 0 Å². The van der Waals surface area contributed by atoms with Crippen LogP contribution in [0.4, 0.5) is 11.5 Å². The molecule has 0 bridgehead atoms. The predicted octanol–water partition coefficient (Wildman–Crippen LogP) is 2.49. The van der Waals surface area contributed by atoms with Crippen LogP contribution in [-0.4, -0.2) is 63.7 Å². The molecule has 4 heterocycles. The lowest BCUT2D eigenvalue weighted by Gasteiger charge is -2.31. The zero-order valence-corrected chi connectivity index (χ0v) is 20.8. The Balaban J connectivity index is 1.26. The summed E-state index contributed by atoms with van der Waals surface area (Å²) < 4.78 is 0. The maximum absolute atomic E-state index is 12.7. The molecular weight excluding hydrogens is 476 g/mol. The van der Waals surface area contributed by atoms with Crippen LogP contribution in [0.15, 0.2) is 36.7 Å². The first kappa shape index (κ1) is 25.5. The van der Waals surface area contributed by atoms with Crippen molar-refractivity contribution in [3.8, 4) is 16.8 Å². The highest BCUT2D eigenvalue weighted by Crippen LogP contribution is 2.26. The Hall–Kier alpha value is -3.59. The van der Waals surface area contributed by atoms with Gasteiger partial charge < -0.3 is 21.5 Å². The van der Waals surface area contributed by atoms with Crippen LogP contribution in [0.2, 0.25) is 0 Å². The SMILES string of the molecule is N#Cc1c(N)cc(C(=O)NCC2CCN(Cc3cnc(-c4ccccn4)s3)CC2)nc1NCCCO. The number of amides is 1. The zero-order valence-electron chi connectivity index (χ0n) is 20.0. The van der Waals surface area contributed by atoms with E-state index in [9.17, 15) is 10.1 Å². The average molecular weight is 507 g/mol. The largest absolute Gasteiger partial charge is 0.397 e. The zero-order chi connectivity index (χ0) is 25.3. The Kier molecular flexibility index (Phi) is 8.78. The maximum Gasteiger partial charge on any atom is 0.270 e. The summed E-state index contributed by atoms with van der Waals surface area (Å²) >= 11 is 1.68. The van der Waals surface area contributed by atoms with E-state index in [-0.39, 0.29) is 35.3 Å². The van der Waals surface area contributed by atoms with Crippen molar-refractivity contribution in [1.82, 2.24) is 25.2 Å². The number of pyridine rings is 2. The number of rotatable bonds is 10. The van der Waals surface area contributed by atoms with E-state index in [2.05, 4.69) is 30.5 Å². The number of likely N-dealkylation sites (tertiary alicyclic amines) is 1. The summed E-state index contributed by atoms with van der Waals surface area (Å²) in [6.07, 6.45) is 6.19. The van der Waals surface area contributed by atoms with Gasteiger partial charge in [-0.25, -0.2) is 9.97 Å². The van der Waals surface area contributed by atoms with Crippen molar-refractivity contribution in [3.05, 3.63) is 52.8 Å². The van der Waals surface area contributed by atoms with E-state index in [1.807, 2.05) is 30.5 Å². The Bertz CT molecular complexity index is 1200. The first-order valence-corrected chi connectivity index (χ1v) is 12.8. The summed E-state index contributed by atoms with van der Waals surface area (Å²) in [5.74, 6) is 0.331. The first-order valence-electron chi connectivity index (χ1n) is 12.0. The minimum absolute atomic E-state index is 0.0137. The van der Waals surface area contributed by atoms with E-state index in [1.54, 1.807) is 17.5 Å². The van der Waals surface area contributed by atoms with E-state index in [0.29, 0.717) is 25.4 Å². The number of carbonyl (C=O) groups excluding carboxylic acids is 1. The Morgan fingerprint density at radius 3 is 2.86 bits per heavy atom. The number of piperidine rings is 1. The number of aliphatic hydroxyl groups is 1.